The van der Waals surface area contributed by atoms with E-state index in [1.54, 1.807) is 11.3 Å². The van der Waals surface area contributed by atoms with Gasteiger partial charge in [0.2, 0.25) is 5.28 Å². The Morgan fingerprint density at radius 1 is 1.44 bits per heavy atom. The van der Waals surface area contributed by atoms with Crippen LogP contribution in [0, 0.1) is 6.92 Å². The van der Waals surface area contributed by atoms with Crippen molar-refractivity contribution in [2.24, 2.45) is 0 Å². The fourth-order valence-corrected chi connectivity index (χ4v) is 2.66. The van der Waals surface area contributed by atoms with E-state index in [0.29, 0.717) is 11.2 Å². The van der Waals surface area contributed by atoms with E-state index in [1.807, 2.05) is 4.57 Å². The minimum absolute atomic E-state index is 0.334. The summed E-state index contributed by atoms with van der Waals surface area (Å²) in [6.07, 6.45) is 0. The van der Waals surface area contributed by atoms with Crippen molar-refractivity contribution in [1.82, 2.24) is 14.8 Å². The smallest absolute Gasteiger partial charge is 0.225 e. The predicted octanol–water partition coefficient (Wildman–Crippen LogP) is 3.47. The highest BCUT2D eigenvalue weighted by atomic mass is 35.5. The van der Waals surface area contributed by atoms with Crippen LogP contribution in [0.2, 0.25) is 5.28 Å². The number of thiophene rings is 1. The molecule has 0 amide bonds. The molecule has 0 bridgehead atoms. The number of aryl methyl sites for hydroxylation is 1. The average Bonchev–Trinajstić information content (AvgIpc) is 2.76. The van der Waals surface area contributed by atoms with Gasteiger partial charge in [-0.15, -0.1) is 21.5 Å². The van der Waals surface area contributed by atoms with Gasteiger partial charge >= 0.3 is 0 Å². The SMILES string of the molecule is Cc1ccsc1Cn1c(Cl)nnc1C(C)C. The van der Waals surface area contributed by atoms with Crippen LogP contribution in [0.15, 0.2) is 11.4 Å². The molecular weight excluding hydrogens is 242 g/mol. The lowest BCUT2D eigenvalue weighted by atomic mass is 10.2. The molecule has 0 saturated carbocycles. The highest BCUT2D eigenvalue weighted by Gasteiger charge is 2.14. The number of hydrogen-bond acceptors (Lipinski definition) is 3. The van der Waals surface area contributed by atoms with Crippen molar-refractivity contribution in [3.05, 3.63) is 33.0 Å². The topological polar surface area (TPSA) is 30.7 Å². The summed E-state index contributed by atoms with van der Waals surface area (Å²) < 4.78 is 1.98. The van der Waals surface area contributed by atoms with Gasteiger partial charge in [-0.05, 0) is 35.5 Å². The summed E-state index contributed by atoms with van der Waals surface area (Å²) in [7, 11) is 0. The predicted molar refractivity (Wildman–Crippen MR) is 67.3 cm³/mol. The second kappa shape index (κ2) is 4.55. The van der Waals surface area contributed by atoms with Crippen molar-refractivity contribution in [3.8, 4) is 0 Å². The van der Waals surface area contributed by atoms with Crippen molar-refractivity contribution in [2.45, 2.75) is 33.2 Å². The van der Waals surface area contributed by atoms with Gasteiger partial charge in [-0.2, -0.15) is 0 Å². The highest BCUT2D eigenvalue weighted by Crippen LogP contribution is 2.22. The summed E-state index contributed by atoms with van der Waals surface area (Å²) in [5, 5.41) is 10.6. The van der Waals surface area contributed by atoms with E-state index in [9.17, 15) is 0 Å². The second-order valence-corrected chi connectivity index (χ2v) is 5.43. The summed E-state index contributed by atoms with van der Waals surface area (Å²) in [6, 6.07) is 2.12. The van der Waals surface area contributed by atoms with Crippen LogP contribution in [0.5, 0.6) is 0 Å². The number of nitrogens with zero attached hydrogens (tertiary/aromatic N) is 3. The zero-order chi connectivity index (χ0) is 11.7. The largest absolute Gasteiger partial charge is 0.296 e. The molecule has 86 valence electrons. The minimum Gasteiger partial charge on any atom is -0.296 e. The maximum absolute atomic E-state index is 6.05. The Morgan fingerprint density at radius 2 is 2.19 bits per heavy atom. The molecule has 0 radical (unpaired) electrons. The van der Waals surface area contributed by atoms with Crippen molar-refractivity contribution >= 4 is 22.9 Å². The fraction of sp³-hybridized carbons (Fsp3) is 0.455. The molecule has 2 rings (SSSR count). The van der Waals surface area contributed by atoms with Crippen molar-refractivity contribution < 1.29 is 0 Å². The van der Waals surface area contributed by atoms with E-state index in [1.165, 1.54) is 10.4 Å². The van der Waals surface area contributed by atoms with Crippen LogP contribution >= 0.6 is 22.9 Å². The molecule has 2 heterocycles. The Balaban J connectivity index is 2.34. The highest BCUT2D eigenvalue weighted by molar-refractivity contribution is 7.10. The van der Waals surface area contributed by atoms with Gasteiger partial charge in [-0.25, -0.2) is 0 Å². The zero-order valence-electron chi connectivity index (χ0n) is 9.57. The molecule has 16 heavy (non-hydrogen) atoms. The summed E-state index contributed by atoms with van der Waals surface area (Å²) in [5.41, 5.74) is 1.30. The Bertz CT molecular complexity index is 487. The maximum Gasteiger partial charge on any atom is 0.225 e. The normalized spacial score (nSPS) is 11.3. The lowest BCUT2D eigenvalue weighted by Crippen LogP contribution is -2.06. The van der Waals surface area contributed by atoms with Gasteiger partial charge in [0.15, 0.2) is 0 Å². The number of hydrogen-bond donors (Lipinski definition) is 0. The Morgan fingerprint density at radius 3 is 2.75 bits per heavy atom. The molecule has 0 saturated heterocycles. The molecule has 0 N–H and O–H groups in total. The first-order chi connectivity index (χ1) is 7.59. The molecule has 0 unspecified atom stereocenters. The molecule has 0 aliphatic rings. The lowest BCUT2D eigenvalue weighted by molar-refractivity contribution is 0.673. The number of halogens is 1. The summed E-state index contributed by atoms with van der Waals surface area (Å²) >= 11 is 7.79. The fourth-order valence-electron chi connectivity index (χ4n) is 1.58. The van der Waals surface area contributed by atoms with Crippen molar-refractivity contribution in [1.29, 1.82) is 0 Å². The minimum atomic E-state index is 0.334. The van der Waals surface area contributed by atoms with Crippen LogP contribution in [0.25, 0.3) is 0 Å². The van der Waals surface area contributed by atoms with Gasteiger partial charge in [0.25, 0.3) is 0 Å². The third kappa shape index (κ3) is 2.13. The average molecular weight is 256 g/mol. The lowest BCUT2D eigenvalue weighted by Gasteiger charge is -2.09. The molecule has 2 aromatic heterocycles. The Hall–Kier alpha value is -0.870. The van der Waals surface area contributed by atoms with Gasteiger partial charge in [0.1, 0.15) is 5.82 Å². The van der Waals surface area contributed by atoms with Gasteiger partial charge in [0, 0.05) is 10.8 Å². The molecule has 0 atom stereocenters. The van der Waals surface area contributed by atoms with Crippen LogP contribution in [-0.4, -0.2) is 14.8 Å². The van der Waals surface area contributed by atoms with E-state index in [-0.39, 0.29) is 0 Å². The molecule has 0 fully saturated rings. The first-order valence-corrected chi connectivity index (χ1v) is 6.47. The Labute approximate surface area is 104 Å². The molecular formula is C11H14ClN3S. The van der Waals surface area contributed by atoms with Gasteiger partial charge < -0.3 is 0 Å². The molecule has 2 aromatic rings. The molecule has 0 aliphatic heterocycles. The van der Waals surface area contributed by atoms with Crippen LogP contribution < -0.4 is 0 Å². The van der Waals surface area contributed by atoms with E-state index in [4.69, 9.17) is 11.6 Å². The summed E-state index contributed by atoms with van der Waals surface area (Å²) in [4.78, 5) is 1.31. The standard InChI is InChI=1S/C11H14ClN3S/c1-7(2)10-13-14-11(12)15(10)6-9-8(3)4-5-16-9/h4-5,7H,6H2,1-3H3. The summed E-state index contributed by atoms with van der Waals surface area (Å²) in [6.45, 7) is 7.07. The monoisotopic (exact) mass is 255 g/mol. The molecule has 0 aromatic carbocycles. The Kier molecular flexibility index (Phi) is 3.30. The maximum atomic E-state index is 6.05. The number of aromatic nitrogens is 3. The molecule has 5 heteroatoms. The van der Waals surface area contributed by atoms with Crippen molar-refractivity contribution in [2.75, 3.05) is 0 Å². The van der Waals surface area contributed by atoms with E-state index < -0.39 is 0 Å². The van der Waals surface area contributed by atoms with E-state index >= 15 is 0 Å². The zero-order valence-corrected chi connectivity index (χ0v) is 11.1. The second-order valence-electron chi connectivity index (χ2n) is 4.09. The van der Waals surface area contributed by atoms with Crippen LogP contribution in [0.4, 0.5) is 0 Å². The third-order valence-corrected chi connectivity index (χ3v) is 3.81. The van der Waals surface area contributed by atoms with Crippen LogP contribution in [0.3, 0.4) is 0 Å². The van der Waals surface area contributed by atoms with Crippen LogP contribution in [-0.2, 0) is 6.54 Å². The molecule has 0 spiro atoms. The first-order valence-electron chi connectivity index (χ1n) is 5.21. The van der Waals surface area contributed by atoms with Gasteiger partial charge in [-0.3, -0.25) is 4.57 Å². The van der Waals surface area contributed by atoms with Crippen LogP contribution in [0.1, 0.15) is 36.0 Å². The first kappa shape index (κ1) is 11.6. The van der Waals surface area contributed by atoms with Crippen molar-refractivity contribution in [3.63, 3.8) is 0 Å². The van der Waals surface area contributed by atoms with E-state index in [2.05, 4.69) is 42.4 Å². The number of rotatable bonds is 3. The van der Waals surface area contributed by atoms with E-state index in [0.717, 1.165) is 12.4 Å². The van der Waals surface area contributed by atoms with Gasteiger partial charge in [0.05, 0.1) is 6.54 Å². The summed E-state index contributed by atoms with van der Waals surface area (Å²) in [5.74, 6) is 1.28. The molecule has 0 aliphatic carbocycles. The van der Waals surface area contributed by atoms with Gasteiger partial charge in [-0.1, -0.05) is 13.8 Å². The quantitative estimate of drug-likeness (QED) is 0.841. The third-order valence-electron chi connectivity index (χ3n) is 2.52. The molecule has 3 nitrogen and oxygen atoms in total.